The Morgan fingerprint density at radius 1 is 1.32 bits per heavy atom. The summed E-state index contributed by atoms with van der Waals surface area (Å²) in [7, 11) is 0. The van der Waals surface area contributed by atoms with E-state index in [9.17, 15) is 4.79 Å². The van der Waals surface area contributed by atoms with Crippen LogP contribution < -0.4 is 5.73 Å². The maximum Gasteiger partial charge on any atom is 0.274 e. The van der Waals surface area contributed by atoms with E-state index in [2.05, 4.69) is 21.0 Å². The summed E-state index contributed by atoms with van der Waals surface area (Å²) < 4.78 is 2.71. The van der Waals surface area contributed by atoms with Crippen molar-refractivity contribution in [2.75, 3.05) is 19.6 Å². The zero-order chi connectivity index (χ0) is 15.5. The Morgan fingerprint density at radius 3 is 2.77 bits per heavy atom. The number of aromatic nitrogens is 2. The monoisotopic (exact) mass is 362 g/mol. The number of hydrogen-bond donors (Lipinski definition) is 1. The Labute approximate surface area is 138 Å². The van der Waals surface area contributed by atoms with E-state index < -0.39 is 0 Å². The fourth-order valence-electron chi connectivity index (χ4n) is 2.73. The highest BCUT2D eigenvalue weighted by atomic mass is 79.9. The summed E-state index contributed by atoms with van der Waals surface area (Å²) >= 11 is 3.44. The largest absolute Gasteiger partial charge is 0.337 e. The van der Waals surface area contributed by atoms with Crippen LogP contribution in [0.1, 0.15) is 23.3 Å². The Balaban J connectivity index is 1.72. The zero-order valence-electron chi connectivity index (χ0n) is 12.3. The second kappa shape index (κ2) is 6.62. The van der Waals surface area contributed by atoms with Crippen molar-refractivity contribution >= 4 is 21.8 Å². The van der Waals surface area contributed by atoms with Crippen molar-refractivity contribution in [3.05, 3.63) is 46.7 Å². The maximum absolute atomic E-state index is 12.5. The first-order chi connectivity index (χ1) is 10.7. The number of likely N-dealkylation sites (tertiary alicyclic amines) is 1. The summed E-state index contributed by atoms with van der Waals surface area (Å²) in [4.78, 5) is 14.4. The van der Waals surface area contributed by atoms with Crippen LogP contribution in [0.3, 0.4) is 0 Å². The third-order valence-corrected chi connectivity index (χ3v) is 4.61. The van der Waals surface area contributed by atoms with Crippen molar-refractivity contribution in [2.24, 2.45) is 11.7 Å². The number of nitrogens with two attached hydrogens (primary N) is 1. The van der Waals surface area contributed by atoms with Crippen LogP contribution >= 0.6 is 15.9 Å². The van der Waals surface area contributed by atoms with Crippen LogP contribution in [0, 0.1) is 5.92 Å². The van der Waals surface area contributed by atoms with E-state index in [1.807, 2.05) is 35.4 Å². The molecule has 2 heterocycles. The first-order valence-corrected chi connectivity index (χ1v) is 8.27. The minimum Gasteiger partial charge on any atom is -0.337 e. The van der Waals surface area contributed by atoms with Gasteiger partial charge in [0, 0.05) is 23.8 Å². The second-order valence-electron chi connectivity index (χ2n) is 5.60. The molecule has 5 nitrogen and oxygen atoms in total. The molecule has 0 aliphatic carbocycles. The summed E-state index contributed by atoms with van der Waals surface area (Å²) in [5.74, 6) is 0.549. The predicted octanol–water partition coefficient (Wildman–Crippen LogP) is 2.45. The Morgan fingerprint density at radius 2 is 2.09 bits per heavy atom. The normalized spacial score (nSPS) is 16.0. The van der Waals surface area contributed by atoms with Gasteiger partial charge in [-0.2, -0.15) is 5.10 Å². The highest BCUT2D eigenvalue weighted by Gasteiger charge is 2.24. The second-order valence-corrected chi connectivity index (χ2v) is 6.51. The fourth-order valence-corrected chi connectivity index (χ4v) is 3.12. The molecule has 22 heavy (non-hydrogen) atoms. The molecule has 1 amide bonds. The lowest BCUT2D eigenvalue weighted by Gasteiger charge is -2.30. The van der Waals surface area contributed by atoms with E-state index in [-0.39, 0.29) is 5.91 Å². The van der Waals surface area contributed by atoms with Gasteiger partial charge in [-0.1, -0.05) is 22.0 Å². The highest BCUT2D eigenvalue weighted by Crippen LogP contribution is 2.19. The van der Waals surface area contributed by atoms with Gasteiger partial charge in [0.25, 0.3) is 5.91 Å². The summed E-state index contributed by atoms with van der Waals surface area (Å²) in [6.45, 7) is 2.24. The summed E-state index contributed by atoms with van der Waals surface area (Å²) in [6, 6.07) is 9.60. The van der Waals surface area contributed by atoms with E-state index in [1.54, 1.807) is 10.7 Å². The molecule has 1 saturated heterocycles. The molecule has 1 aliphatic rings. The molecule has 0 atom stereocenters. The number of rotatable bonds is 3. The molecule has 0 spiro atoms. The number of amides is 1. The van der Waals surface area contributed by atoms with Gasteiger partial charge in [0.15, 0.2) is 5.69 Å². The van der Waals surface area contributed by atoms with Crippen LogP contribution in [0.15, 0.2) is 41.0 Å². The van der Waals surface area contributed by atoms with Crippen LogP contribution in [0.4, 0.5) is 0 Å². The number of halogens is 1. The van der Waals surface area contributed by atoms with E-state index in [1.165, 1.54) is 0 Å². The standard InChI is InChI=1S/C16H19BrN4O/c17-13-2-1-3-14(10-13)21-9-6-15(19-21)16(22)20-7-4-12(11-18)5-8-20/h1-3,6,9-10,12H,4-5,7-8,11,18H2. The topological polar surface area (TPSA) is 64.2 Å². The number of hydrogen-bond acceptors (Lipinski definition) is 3. The third-order valence-electron chi connectivity index (χ3n) is 4.12. The number of benzene rings is 1. The number of nitrogens with zero attached hydrogens (tertiary/aromatic N) is 3. The van der Waals surface area contributed by atoms with Gasteiger partial charge in [0.2, 0.25) is 0 Å². The molecule has 1 fully saturated rings. The SMILES string of the molecule is NCC1CCN(C(=O)c2ccn(-c3cccc(Br)c3)n2)CC1. The molecule has 2 aromatic rings. The lowest BCUT2D eigenvalue weighted by molar-refractivity contribution is 0.0687. The number of carbonyl (C=O) groups is 1. The van der Waals surface area contributed by atoms with Crippen molar-refractivity contribution in [3.8, 4) is 5.69 Å². The molecular formula is C16H19BrN4O. The van der Waals surface area contributed by atoms with Crippen molar-refractivity contribution in [3.63, 3.8) is 0 Å². The van der Waals surface area contributed by atoms with Crippen molar-refractivity contribution in [1.82, 2.24) is 14.7 Å². The van der Waals surface area contributed by atoms with Gasteiger partial charge in [-0.15, -0.1) is 0 Å². The fraction of sp³-hybridized carbons (Fsp3) is 0.375. The van der Waals surface area contributed by atoms with E-state index in [4.69, 9.17) is 5.73 Å². The lowest BCUT2D eigenvalue weighted by Crippen LogP contribution is -2.40. The smallest absolute Gasteiger partial charge is 0.274 e. The number of carbonyl (C=O) groups excluding carboxylic acids is 1. The minimum atomic E-state index is 0.00391. The maximum atomic E-state index is 12.5. The van der Waals surface area contributed by atoms with Gasteiger partial charge >= 0.3 is 0 Å². The molecule has 0 bridgehead atoms. The Bertz CT molecular complexity index is 662. The van der Waals surface area contributed by atoms with E-state index in [0.717, 1.165) is 36.1 Å². The molecule has 1 aromatic carbocycles. The van der Waals surface area contributed by atoms with Crippen LogP contribution in [0.2, 0.25) is 0 Å². The molecule has 0 unspecified atom stereocenters. The molecule has 0 radical (unpaired) electrons. The Hall–Kier alpha value is -1.66. The van der Waals surface area contributed by atoms with Crippen molar-refractivity contribution in [1.29, 1.82) is 0 Å². The molecule has 3 rings (SSSR count). The van der Waals surface area contributed by atoms with Gasteiger partial charge in [-0.05, 0) is 49.6 Å². The molecular weight excluding hydrogens is 344 g/mol. The van der Waals surface area contributed by atoms with Gasteiger partial charge in [-0.25, -0.2) is 4.68 Å². The zero-order valence-corrected chi connectivity index (χ0v) is 13.9. The molecule has 116 valence electrons. The van der Waals surface area contributed by atoms with Gasteiger partial charge < -0.3 is 10.6 Å². The van der Waals surface area contributed by atoms with Crippen molar-refractivity contribution in [2.45, 2.75) is 12.8 Å². The predicted molar refractivity (Wildman–Crippen MR) is 88.9 cm³/mol. The molecule has 6 heteroatoms. The molecule has 1 aliphatic heterocycles. The third kappa shape index (κ3) is 3.23. The number of piperidine rings is 1. The lowest BCUT2D eigenvalue weighted by atomic mass is 9.97. The van der Waals surface area contributed by atoms with Crippen molar-refractivity contribution < 1.29 is 4.79 Å². The van der Waals surface area contributed by atoms with Crippen LogP contribution in [-0.2, 0) is 0 Å². The van der Waals surface area contributed by atoms with Crippen LogP contribution in [-0.4, -0.2) is 40.2 Å². The minimum absolute atomic E-state index is 0.00391. The summed E-state index contributed by atoms with van der Waals surface area (Å²) in [6.07, 6.45) is 3.78. The van der Waals surface area contributed by atoms with Crippen LogP contribution in [0.25, 0.3) is 5.69 Å². The quantitative estimate of drug-likeness (QED) is 0.911. The Kier molecular flexibility index (Phi) is 4.59. The summed E-state index contributed by atoms with van der Waals surface area (Å²) in [5, 5.41) is 4.42. The first kappa shape index (κ1) is 15.2. The van der Waals surface area contributed by atoms with Gasteiger partial charge in [0.1, 0.15) is 0 Å². The van der Waals surface area contributed by atoms with Gasteiger partial charge in [0.05, 0.1) is 5.69 Å². The first-order valence-electron chi connectivity index (χ1n) is 7.48. The summed E-state index contributed by atoms with van der Waals surface area (Å²) in [5.41, 5.74) is 7.11. The van der Waals surface area contributed by atoms with E-state index in [0.29, 0.717) is 18.2 Å². The average molecular weight is 363 g/mol. The molecule has 1 aromatic heterocycles. The molecule has 0 saturated carbocycles. The average Bonchev–Trinajstić information content (AvgIpc) is 3.04. The van der Waals surface area contributed by atoms with Crippen LogP contribution in [0.5, 0.6) is 0 Å². The molecule has 2 N–H and O–H groups in total. The van der Waals surface area contributed by atoms with Gasteiger partial charge in [-0.3, -0.25) is 4.79 Å². The highest BCUT2D eigenvalue weighted by molar-refractivity contribution is 9.10. The van der Waals surface area contributed by atoms with E-state index >= 15 is 0 Å².